The second-order valence-electron chi connectivity index (χ2n) is 8.75. The van der Waals surface area contributed by atoms with Crippen molar-refractivity contribution in [1.29, 1.82) is 10.5 Å². The number of anilines is 1. The van der Waals surface area contributed by atoms with Crippen molar-refractivity contribution < 1.29 is 47.8 Å². The van der Waals surface area contributed by atoms with Crippen molar-refractivity contribution >= 4 is 48.5 Å². The van der Waals surface area contributed by atoms with Gasteiger partial charge in [0.15, 0.2) is 5.00 Å². The molecule has 2 aromatic rings. The minimum atomic E-state index is -4.04. The number of hydrogen-bond donors (Lipinski definition) is 0. The second kappa shape index (κ2) is 19.4. The normalized spacial score (nSPS) is 12.0. The molecule has 0 aliphatic heterocycles. The molecule has 0 radical (unpaired) electrons. The Bertz CT molecular complexity index is 1570. The molecular formula is C26H35N5O11S3. The Labute approximate surface area is 267 Å². The van der Waals surface area contributed by atoms with Crippen molar-refractivity contribution in [2.24, 2.45) is 10.2 Å². The van der Waals surface area contributed by atoms with E-state index in [-0.39, 0.29) is 46.2 Å². The highest BCUT2D eigenvalue weighted by molar-refractivity contribution is 7.82. The molecule has 45 heavy (non-hydrogen) atoms. The number of aryl methyl sites for hydroxylation is 1. The van der Waals surface area contributed by atoms with Crippen LogP contribution in [0.2, 0.25) is 0 Å². The molecule has 16 nitrogen and oxygen atoms in total. The standard InChI is InChI=1S/C26H35N5O11S3/c1-20-17-22(5-6-24(20)29-30-26-23(18-27)21(2)25(19-28)43-26)31(8-10-39-13-15-41-44(32,33)36-3)7-9-38-11-12-40-14-16-42-45(34,35)37-4/h5-6,17H,7-16H2,1-4H3. The zero-order chi connectivity index (χ0) is 33.3. The molecule has 1 aromatic heterocycles. The molecule has 0 aliphatic carbocycles. The van der Waals surface area contributed by atoms with Gasteiger partial charge in [0.25, 0.3) is 0 Å². The molecule has 0 saturated heterocycles. The number of nitrogens with zero attached hydrogens (tertiary/aromatic N) is 5. The van der Waals surface area contributed by atoms with Crippen LogP contribution in [-0.4, -0.2) is 97.0 Å². The van der Waals surface area contributed by atoms with Gasteiger partial charge in [-0.25, -0.2) is 8.37 Å². The number of benzene rings is 1. The smallest absolute Gasteiger partial charge is 0.377 e. The first-order valence-corrected chi connectivity index (χ1v) is 16.8. The molecular weight excluding hydrogens is 655 g/mol. The summed E-state index contributed by atoms with van der Waals surface area (Å²) in [5.74, 6) is 0. The quantitative estimate of drug-likeness (QED) is 0.128. The van der Waals surface area contributed by atoms with E-state index in [1.165, 1.54) is 0 Å². The number of nitriles is 2. The molecule has 0 amide bonds. The molecule has 0 unspecified atom stereocenters. The summed E-state index contributed by atoms with van der Waals surface area (Å²) in [5.41, 5.74) is 3.12. The fourth-order valence-electron chi connectivity index (χ4n) is 3.48. The lowest BCUT2D eigenvalue weighted by Gasteiger charge is -2.25. The summed E-state index contributed by atoms with van der Waals surface area (Å²) in [5, 5.41) is 27.6. The van der Waals surface area contributed by atoms with Gasteiger partial charge in [-0.05, 0) is 43.2 Å². The molecule has 248 valence electrons. The van der Waals surface area contributed by atoms with Crippen LogP contribution in [0.15, 0.2) is 28.4 Å². The third-order valence-corrected chi connectivity index (χ3v) is 8.65. The summed E-state index contributed by atoms with van der Waals surface area (Å²) in [4.78, 5) is 2.42. The molecule has 0 fully saturated rings. The van der Waals surface area contributed by atoms with Crippen molar-refractivity contribution in [3.63, 3.8) is 0 Å². The molecule has 0 atom stereocenters. The van der Waals surface area contributed by atoms with Crippen molar-refractivity contribution in [1.82, 2.24) is 0 Å². The SMILES string of the molecule is COS(=O)(=O)OCCOCCOCCN(CCOCCOS(=O)(=O)OC)c1ccc(N=Nc2sc(C#N)c(C)c2C#N)c(C)c1. The average molecular weight is 690 g/mol. The summed E-state index contributed by atoms with van der Waals surface area (Å²) in [6.07, 6.45) is 0. The van der Waals surface area contributed by atoms with Gasteiger partial charge in [0.1, 0.15) is 17.0 Å². The minimum absolute atomic E-state index is 0.0262. The molecule has 0 bridgehead atoms. The van der Waals surface area contributed by atoms with Gasteiger partial charge in [-0.3, -0.25) is 8.37 Å². The molecule has 0 saturated carbocycles. The Morgan fingerprint density at radius 2 is 1.31 bits per heavy atom. The van der Waals surface area contributed by atoms with E-state index in [2.05, 4.69) is 39.1 Å². The minimum Gasteiger partial charge on any atom is -0.377 e. The van der Waals surface area contributed by atoms with E-state index < -0.39 is 20.8 Å². The Hall–Kier alpha value is -3.08. The molecule has 1 heterocycles. The van der Waals surface area contributed by atoms with Gasteiger partial charge in [-0.15, -0.1) is 21.6 Å². The zero-order valence-electron chi connectivity index (χ0n) is 25.3. The van der Waals surface area contributed by atoms with E-state index in [1.54, 1.807) is 13.0 Å². The first-order valence-electron chi connectivity index (χ1n) is 13.3. The van der Waals surface area contributed by atoms with Crippen molar-refractivity contribution in [2.45, 2.75) is 13.8 Å². The van der Waals surface area contributed by atoms with E-state index in [1.807, 2.05) is 24.0 Å². The predicted octanol–water partition coefficient (Wildman–Crippen LogP) is 3.20. The maximum Gasteiger partial charge on any atom is 0.399 e. The Balaban J connectivity index is 1.99. The van der Waals surface area contributed by atoms with Crippen molar-refractivity contribution in [2.75, 3.05) is 85.1 Å². The average Bonchev–Trinajstić information content (AvgIpc) is 3.33. The number of thiophene rings is 1. The van der Waals surface area contributed by atoms with Gasteiger partial charge in [0, 0.05) is 18.8 Å². The highest BCUT2D eigenvalue weighted by atomic mass is 32.3. The van der Waals surface area contributed by atoms with Gasteiger partial charge in [-0.1, -0.05) is 0 Å². The van der Waals surface area contributed by atoms with Crippen LogP contribution in [-0.2, 0) is 51.7 Å². The fraction of sp³-hybridized carbons (Fsp3) is 0.538. The van der Waals surface area contributed by atoms with Gasteiger partial charge in [0.05, 0.1) is 78.3 Å². The molecule has 1 aromatic carbocycles. The largest absolute Gasteiger partial charge is 0.399 e. The molecule has 0 N–H and O–H groups in total. The van der Waals surface area contributed by atoms with Crippen LogP contribution in [0, 0.1) is 36.5 Å². The number of azo groups is 1. The topological polar surface area (TPSA) is 208 Å². The van der Waals surface area contributed by atoms with Crippen molar-refractivity contribution in [3.05, 3.63) is 39.8 Å². The van der Waals surface area contributed by atoms with E-state index in [0.29, 0.717) is 46.4 Å². The number of hydrogen-bond acceptors (Lipinski definition) is 17. The predicted molar refractivity (Wildman–Crippen MR) is 162 cm³/mol. The fourth-order valence-corrected chi connectivity index (χ4v) is 5.10. The molecule has 19 heteroatoms. The lowest BCUT2D eigenvalue weighted by Crippen LogP contribution is -2.31. The van der Waals surface area contributed by atoms with E-state index in [0.717, 1.165) is 36.8 Å². The summed E-state index contributed by atoms with van der Waals surface area (Å²) in [6.45, 7) is 5.18. The van der Waals surface area contributed by atoms with Gasteiger partial charge < -0.3 is 19.1 Å². The maximum atomic E-state index is 11.3. The summed E-state index contributed by atoms with van der Waals surface area (Å²) in [6, 6.07) is 9.68. The second-order valence-corrected chi connectivity index (χ2v) is 12.5. The molecule has 0 aliphatic rings. The van der Waals surface area contributed by atoms with Crippen LogP contribution >= 0.6 is 11.3 Å². The van der Waals surface area contributed by atoms with Crippen LogP contribution in [0.5, 0.6) is 0 Å². The highest BCUT2D eigenvalue weighted by Crippen LogP contribution is 2.36. The zero-order valence-corrected chi connectivity index (χ0v) is 27.7. The van der Waals surface area contributed by atoms with Crippen LogP contribution in [0.1, 0.15) is 21.6 Å². The summed E-state index contributed by atoms with van der Waals surface area (Å²) >= 11 is 1.11. The van der Waals surface area contributed by atoms with Gasteiger partial charge in [0.2, 0.25) is 0 Å². The number of ether oxygens (including phenoxy) is 3. The maximum absolute atomic E-state index is 11.3. The lowest BCUT2D eigenvalue weighted by atomic mass is 10.1. The van der Waals surface area contributed by atoms with E-state index in [4.69, 9.17) is 14.2 Å². The van der Waals surface area contributed by atoms with Gasteiger partial charge >= 0.3 is 20.8 Å². The Morgan fingerprint density at radius 3 is 1.80 bits per heavy atom. The first kappa shape index (κ1) is 38.1. The van der Waals surface area contributed by atoms with Crippen LogP contribution in [0.4, 0.5) is 16.4 Å². The van der Waals surface area contributed by atoms with Crippen LogP contribution < -0.4 is 4.90 Å². The monoisotopic (exact) mass is 689 g/mol. The van der Waals surface area contributed by atoms with E-state index in [9.17, 15) is 27.4 Å². The Morgan fingerprint density at radius 1 is 0.778 bits per heavy atom. The van der Waals surface area contributed by atoms with Crippen LogP contribution in [0.3, 0.4) is 0 Å². The highest BCUT2D eigenvalue weighted by Gasteiger charge is 2.15. The summed E-state index contributed by atoms with van der Waals surface area (Å²) in [7, 11) is -6.05. The van der Waals surface area contributed by atoms with E-state index >= 15 is 0 Å². The first-order chi connectivity index (χ1) is 21.5. The third kappa shape index (κ3) is 13.4. The summed E-state index contributed by atoms with van der Waals surface area (Å²) < 4.78 is 78.8. The Kier molecular flexibility index (Phi) is 16.5. The van der Waals surface area contributed by atoms with Crippen molar-refractivity contribution in [3.8, 4) is 12.1 Å². The molecule has 0 spiro atoms. The third-order valence-electron chi connectivity index (χ3n) is 5.84. The van der Waals surface area contributed by atoms with Crippen LogP contribution in [0.25, 0.3) is 0 Å². The van der Waals surface area contributed by atoms with Gasteiger partial charge in [-0.2, -0.15) is 27.4 Å². The molecule has 2 rings (SSSR count). The number of rotatable bonds is 22. The lowest BCUT2D eigenvalue weighted by molar-refractivity contribution is 0.0369.